The zero-order valence-electron chi connectivity index (χ0n) is 10.3. The molecule has 6 heteroatoms. The second-order valence-electron chi connectivity index (χ2n) is 4.42. The SMILES string of the molecule is CC(C(=O)Nc1nc2ccc(Cl)cc2s1)=C1CNC1. The van der Waals surface area contributed by atoms with Crippen molar-refractivity contribution < 1.29 is 4.79 Å². The van der Waals surface area contributed by atoms with E-state index in [0.29, 0.717) is 10.2 Å². The van der Waals surface area contributed by atoms with Crippen LogP contribution in [0.4, 0.5) is 5.13 Å². The van der Waals surface area contributed by atoms with Crippen LogP contribution < -0.4 is 10.6 Å². The fraction of sp³-hybridized carbons (Fsp3) is 0.231. The van der Waals surface area contributed by atoms with Crippen molar-refractivity contribution in [1.29, 1.82) is 0 Å². The van der Waals surface area contributed by atoms with Crippen molar-refractivity contribution in [2.24, 2.45) is 0 Å². The Morgan fingerprint density at radius 1 is 1.47 bits per heavy atom. The molecular formula is C13H12ClN3OS. The maximum Gasteiger partial charge on any atom is 0.253 e. The number of hydrogen-bond donors (Lipinski definition) is 2. The third kappa shape index (κ3) is 2.49. The zero-order valence-corrected chi connectivity index (χ0v) is 11.9. The third-order valence-corrected chi connectivity index (χ3v) is 4.29. The van der Waals surface area contributed by atoms with Crippen molar-refractivity contribution in [2.45, 2.75) is 6.92 Å². The van der Waals surface area contributed by atoms with Gasteiger partial charge in [0, 0.05) is 23.7 Å². The van der Waals surface area contributed by atoms with Gasteiger partial charge in [0.1, 0.15) is 0 Å². The number of halogens is 1. The van der Waals surface area contributed by atoms with E-state index in [-0.39, 0.29) is 5.91 Å². The Labute approximate surface area is 119 Å². The van der Waals surface area contributed by atoms with Gasteiger partial charge in [-0.25, -0.2) is 4.98 Å². The Hall–Kier alpha value is -1.43. The fourth-order valence-electron chi connectivity index (χ4n) is 1.82. The number of rotatable bonds is 2. The van der Waals surface area contributed by atoms with Crippen molar-refractivity contribution in [1.82, 2.24) is 10.3 Å². The molecule has 1 amide bonds. The van der Waals surface area contributed by atoms with Crippen molar-refractivity contribution in [2.75, 3.05) is 18.4 Å². The van der Waals surface area contributed by atoms with Crippen molar-refractivity contribution in [3.05, 3.63) is 34.4 Å². The van der Waals surface area contributed by atoms with Gasteiger partial charge in [-0.05, 0) is 30.7 Å². The second kappa shape index (κ2) is 4.92. The molecule has 2 N–H and O–H groups in total. The molecule has 0 saturated carbocycles. The number of anilines is 1. The number of aromatic nitrogens is 1. The van der Waals surface area contributed by atoms with E-state index in [1.165, 1.54) is 11.3 Å². The van der Waals surface area contributed by atoms with Gasteiger partial charge in [0.15, 0.2) is 5.13 Å². The molecule has 1 aromatic carbocycles. The molecule has 0 atom stereocenters. The normalized spacial score (nSPS) is 14.3. The quantitative estimate of drug-likeness (QED) is 0.837. The summed E-state index contributed by atoms with van der Waals surface area (Å²) in [5.41, 5.74) is 2.78. The summed E-state index contributed by atoms with van der Waals surface area (Å²) < 4.78 is 0.971. The van der Waals surface area contributed by atoms with Crippen LogP contribution in [-0.4, -0.2) is 24.0 Å². The minimum absolute atomic E-state index is 0.0818. The van der Waals surface area contributed by atoms with E-state index in [1.807, 2.05) is 19.1 Å². The van der Waals surface area contributed by atoms with Crippen LogP contribution in [0.1, 0.15) is 6.92 Å². The van der Waals surface area contributed by atoms with E-state index in [2.05, 4.69) is 15.6 Å². The molecule has 0 spiro atoms. The van der Waals surface area contributed by atoms with Crippen LogP contribution in [0.5, 0.6) is 0 Å². The largest absolute Gasteiger partial charge is 0.309 e. The highest BCUT2D eigenvalue weighted by Crippen LogP contribution is 2.28. The average Bonchev–Trinajstić information content (AvgIpc) is 2.67. The molecule has 4 nitrogen and oxygen atoms in total. The van der Waals surface area contributed by atoms with E-state index in [1.54, 1.807) is 6.07 Å². The molecule has 1 aliphatic heterocycles. The lowest BCUT2D eigenvalue weighted by Gasteiger charge is -2.21. The summed E-state index contributed by atoms with van der Waals surface area (Å²) in [7, 11) is 0. The molecule has 0 aliphatic carbocycles. The number of hydrogen-bond acceptors (Lipinski definition) is 4. The van der Waals surface area contributed by atoms with Gasteiger partial charge in [0.25, 0.3) is 5.91 Å². The summed E-state index contributed by atoms with van der Waals surface area (Å²) in [5, 5.41) is 7.24. The molecule has 19 heavy (non-hydrogen) atoms. The number of nitrogens with one attached hydrogen (secondary N) is 2. The predicted octanol–water partition coefficient (Wildman–Crippen LogP) is 2.81. The number of carbonyl (C=O) groups is 1. The summed E-state index contributed by atoms with van der Waals surface area (Å²) >= 11 is 7.36. The van der Waals surface area contributed by atoms with Crippen LogP contribution in [0.25, 0.3) is 10.2 Å². The molecule has 1 aromatic heterocycles. The van der Waals surface area contributed by atoms with Crippen molar-refractivity contribution in [3.63, 3.8) is 0 Å². The van der Waals surface area contributed by atoms with Crippen LogP contribution in [0.15, 0.2) is 29.3 Å². The van der Waals surface area contributed by atoms with Crippen LogP contribution in [0.2, 0.25) is 5.02 Å². The van der Waals surface area contributed by atoms with Gasteiger partial charge in [-0.15, -0.1) is 0 Å². The minimum atomic E-state index is -0.0818. The number of benzene rings is 1. The van der Waals surface area contributed by atoms with E-state index in [9.17, 15) is 4.79 Å². The fourth-order valence-corrected chi connectivity index (χ4v) is 2.96. The zero-order chi connectivity index (χ0) is 13.4. The molecule has 0 unspecified atom stereocenters. The van der Waals surface area contributed by atoms with Gasteiger partial charge in [-0.2, -0.15) is 0 Å². The molecule has 2 aromatic rings. The smallest absolute Gasteiger partial charge is 0.253 e. The summed E-state index contributed by atoms with van der Waals surface area (Å²) in [6, 6.07) is 5.50. The first kappa shape index (κ1) is 12.6. The Morgan fingerprint density at radius 3 is 2.95 bits per heavy atom. The van der Waals surface area contributed by atoms with Crippen molar-refractivity contribution >= 4 is 44.2 Å². The Balaban J connectivity index is 1.83. The van der Waals surface area contributed by atoms with Gasteiger partial charge in [-0.1, -0.05) is 22.9 Å². The minimum Gasteiger partial charge on any atom is -0.309 e. The van der Waals surface area contributed by atoms with Gasteiger partial charge in [-0.3, -0.25) is 10.1 Å². The molecule has 1 aliphatic rings. The lowest BCUT2D eigenvalue weighted by Crippen LogP contribution is -2.36. The lowest BCUT2D eigenvalue weighted by atomic mass is 10.0. The maximum absolute atomic E-state index is 12.0. The Kier molecular flexibility index (Phi) is 3.26. The van der Waals surface area contributed by atoms with Crippen molar-refractivity contribution in [3.8, 4) is 0 Å². The summed E-state index contributed by atoms with van der Waals surface area (Å²) in [6.45, 7) is 3.44. The molecule has 2 heterocycles. The van der Waals surface area contributed by atoms with Crippen LogP contribution in [0, 0.1) is 0 Å². The predicted molar refractivity (Wildman–Crippen MR) is 78.8 cm³/mol. The number of carbonyl (C=O) groups excluding carboxylic acids is 1. The highest BCUT2D eigenvalue weighted by molar-refractivity contribution is 7.22. The monoisotopic (exact) mass is 293 g/mol. The Bertz CT molecular complexity index is 686. The highest BCUT2D eigenvalue weighted by atomic mass is 35.5. The summed E-state index contributed by atoms with van der Waals surface area (Å²) in [6.07, 6.45) is 0. The molecule has 0 bridgehead atoms. The molecular weight excluding hydrogens is 282 g/mol. The van der Waals surface area contributed by atoms with Crippen LogP contribution in [-0.2, 0) is 4.79 Å². The van der Waals surface area contributed by atoms with E-state index >= 15 is 0 Å². The van der Waals surface area contributed by atoms with E-state index < -0.39 is 0 Å². The van der Waals surface area contributed by atoms with E-state index in [0.717, 1.165) is 34.5 Å². The number of fused-ring (bicyclic) bond motifs is 1. The highest BCUT2D eigenvalue weighted by Gasteiger charge is 2.17. The summed E-state index contributed by atoms with van der Waals surface area (Å²) in [5.74, 6) is -0.0818. The molecule has 98 valence electrons. The number of nitrogens with zero attached hydrogens (tertiary/aromatic N) is 1. The Morgan fingerprint density at radius 2 is 2.26 bits per heavy atom. The topological polar surface area (TPSA) is 54.0 Å². The molecule has 1 saturated heterocycles. The standard InChI is InChI=1S/C13H12ClN3OS/c1-7(8-5-15-6-8)12(18)17-13-16-10-3-2-9(14)4-11(10)19-13/h2-4,15H,5-6H2,1H3,(H,16,17,18). The molecule has 1 fully saturated rings. The number of amides is 1. The van der Waals surface area contributed by atoms with Gasteiger partial charge >= 0.3 is 0 Å². The van der Waals surface area contributed by atoms with Crippen LogP contribution >= 0.6 is 22.9 Å². The number of thiazole rings is 1. The first-order chi connectivity index (χ1) is 9.13. The second-order valence-corrected chi connectivity index (χ2v) is 5.88. The first-order valence-corrected chi connectivity index (χ1v) is 7.10. The van der Waals surface area contributed by atoms with Gasteiger partial charge in [0.2, 0.25) is 0 Å². The first-order valence-electron chi connectivity index (χ1n) is 5.90. The molecule has 0 radical (unpaired) electrons. The molecule has 3 rings (SSSR count). The average molecular weight is 294 g/mol. The van der Waals surface area contributed by atoms with Gasteiger partial charge in [0.05, 0.1) is 10.2 Å². The third-order valence-electron chi connectivity index (χ3n) is 3.12. The van der Waals surface area contributed by atoms with E-state index in [4.69, 9.17) is 11.6 Å². The summed E-state index contributed by atoms with van der Waals surface area (Å²) in [4.78, 5) is 16.4. The maximum atomic E-state index is 12.0. The lowest BCUT2D eigenvalue weighted by molar-refractivity contribution is -0.112. The van der Waals surface area contributed by atoms with Gasteiger partial charge < -0.3 is 5.32 Å². The van der Waals surface area contributed by atoms with Crippen LogP contribution in [0.3, 0.4) is 0 Å².